The van der Waals surface area contributed by atoms with Crippen molar-refractivity contribution in [1.29, 1.82) is 0 Å². The molecule has 0 unspecified atom stereocenters. The molecule has 3 aromatic rings. The summed E-state index contributed by atoms with van der Waals surface area (Å²) >= 11 is 2.00. The highest BCUT2D eigenvalue weighted by atomic mass is 32.2. The Morgan fingerprint density at radius 3 is 2.73 bits per heavy atom. The van der Waals surface area contributed by atoms with E-state index in [1.165, 1.54) is 23.5 Å². The van der Waals surface area contributed by atoms with E-state index in [9.17, 15) is 9.59 Å². The number of hydrogen-bond donors (Lipinski definition) is 1. The first kappa shape index (κ1) is 22.2. The van der Waals surface area contributed by atoms with Gasteiger partial charge in [0.25, 0.3) is 11.5 Å². The molecule has 1 saturated heterocycles. The Bertz CT molecular complexity index is 1220. The van der Waals surface area contributed by atoms with Gasteiger partial charge in [0.1, 0.15) is 5.82 Å². The molecule has 0 radical (unpaired) electrons. The second kappa shape index (κ2) is 10.1. The minimum Gasteiger partial charge on any atom is -0.322 e. The fourth-order valence-corrected chi connectivity index (χ4v) is 5.68. The van der Waals surface area contributed by atoms with E-state index in [0.717, 1.165) is 63.4 Å². The number of amides is 1. The molecule has 3 heterocycles. The summed E-state index contributed by atoms with van der Waals surface area (Å²) in [6.45, 7) is 3.84. The first-order valence-electron chi connectivity index (χ1n) is 11.9. The molecular formula is C26H30N4O2S. The summed E-state index contributed by atoms with van der Waals surface area (Å²) in [6.07, 6.45) is 5.19. The number of fused-ring (bicyclic) bond motifs is 2. The van der Waals surface area contributed by atoms with Crippen molar-refractivity contribution in [2.45, 2.75) is 45.2 Å². The molecular weight excluding hydrogens is 432 g/mol. The van der Waals surface area contributed by atoms with E-state index in [2.05, 4.69) is 16.3 Å². The van der Waals surface area contributed by atoms with Crippen LogP contribution >= 0.6 is 11.8 Å². The van der Waals surface area contributed by atoms with Gasteiger partial charge in [0, 0.05) is 55.4 Å². The second-order valence-electron chi connectivity index (χ2n) is 8.92. The van der Waals surface area contributed by atoms with Gasteiger partial charge in [0.2, 0.25) is 0 Å². The molecule has 2 aromatic carbocycles. The van der Waals surface area contributed by atoms with Crippen molar-refractivity contribution in [3.63, 3.8) is 0 Å². The van der Waals surface area contributed by atoms with Crippen molar-refractivity contribution < 1.29 is 4.79 Å². The third kappa shape index (κ3) is 5.14. The van der Waals surface area contributed by atoms with Crippen LogP contribution in [0.1, 0.15) is 47.4 Å². The van der Waals surface area contributed by atoms with Crippen LogP contribution in [-0.4, -0.2) is 45.0 Å². The van der Waals surface area contributed by atoms with Gasteiger partial charge < -0.3 is 5.32 Å². The maximum absolute atomic E-state index is 13.0. The lowest BCUT2D eigenvalue weighted by atomic mass is 10.1. The van der Waals surface area contributed by atoms with E-state index >= 15 is 0 Å². The average molecular weight is 463 g/mol. The number of carbonyl (C=O) groups excluding carboxylic acids is 1. The summed E-state index contributed by atoms with van der Waals surface area (Å²) in [5.74, 6) is 3.02. The van der Waals surface area contributed by atoms with Crippen molar-refractivity contribution in [1.82, 2.24) is 14.5 Å². The monoisotopic (exact) mass is 462 g/mol. The van der Waals surface area contributed by atoms with Crippen LogP contribution in [0.3, 0.4) is 0 Å². The zero-order valence-electron chi connectivity index (χ0n) is 18.9. The number of aryl methyl sites for hydroxylation is 1. The van der Waals surface area contributed by atoms with Gasteiger partial charge in [-0.1, -0.05) is 25.0 Å². The van der Waals surface area contributed by atoms with Gasteiger partial charge in [-0.3, -0.25) is 19.1 Å². The number of aromatic nitrogens is 2. The Kier molecular flexibility index (Phi) is 6.78. The molecule has 0 spiro atoms. The molecule has 33 heavy (non-hydrogen) atoms. The van der Waals surface area contributed by atoms with Crippen LogP contribution < -0.4 is 10.9 Å². The lowest BCUT2D eigenvalue weighted by molar-refractivity contribution is 0.102. The van der Waals surface area contributed by atoms with Crippen LogP contribution in [0.25, 0.3) is 10.9 Å². The zero-order valence-corrected chi connectivity index (χ0v) is 19.7. The zero-order chi connectivity index (χ0) is 22.6. The van der Waals surface area contributed by atoms with Gasteiger partial charge in [0.15, 0.2) is 0 Å². The smallest absolute Gasteiger partial charge is 0.261 e. The Balaban J connectivity index is 1.36. The van der Waals surface area contributed by atoms with Crippen molar-refractivity contribution in [2.24, 2.45) is 0 Å². The van der Waals surface area contributed by atoms with Gasteiger partial charge in [-0.05, 0) is 48.7 Å². The molecule has 1 aromatic heterocycles. The fourth-order valence-electron chi connectivity index (χ4n) is 4.70. The van der Waals surface area contributed by atoms with E-state index in [1.807, 2.05) is 34.5 Å². The minimum atomic E-state index is -0.183. The largest absolute Gasteiger partial charge is 0.322 e. The quantitative estimate of drug-likeness (QED) is 0.626. The maximum Gasteiger partial charge on any atom is 0.261 e. The molecule has 1 fully saturated rings. The highest BCUT2D eigenvalue weighted by Gasteiger charge is 2.16. The molecule has 2 aliphatic heterocycles. The van der Waals surface area contributed by atoms with Crippen LogP contribution in [0.2, 0.25) is 0 Å². The molecule has 0 saturated carbocycles. The molecule has 0 aliphatic carbocycles. The Labute approximate surface area is 198 Å². The van der Waals surface area contributed by atoms with Crippen molar-refractivity contribution in [3.8, 4) is 0 Å². The first-order chi connectivity index (χ1) is 16.2. The third-order valence-corrected chi connectivity index (χ3v) is 7.47. The standard InChI is InChI=1S/C26H30N4O2S/c31-25(27-21-7-5-6-19(16-21)18-29-12-14-33-15-13-29)20-9-10-22-23(17-20)28-24-8-3-1-2-4-11-30(24)26(22)32/h5-7,9-10,16-17H,1-4,8,11-15,18H2,(H,27,31). The molecule has 1 N–H and O–H groups in total. The maximum atomic E-state index is 13.0. The van der Waals surface area contributed by atoms with Gasteiger partial charge in [-0.2, -0.15) is 11.8 Å². The molecule has 2 aliphatic rings. The van der Waals surface area contributed by atoms with Crippen LogP contribution in [0.5, 0.6) is 0 Å². The van der Waals surface area contributed by atoms with E-state index in [0.29, 0.717) is 16.5 Å². The molecule has 6 nitrogen and oxygen atoms in total. The summed E-state index contributed by atoms with van der Waals surface area (Å²) in [4.78, 5) is 33.3. The Hall–Kier alpha value is -2.64. The van der Waals surface area contributed by atoms with E-state index < -0.39 is 0 Å². The van der Waals surface area contributed by atoms with Crippen molar-refractivity contribution >= 4 is 34.3 Å². The normalized spacial score (nSPS) is 17.2. The molecule has 0 atom stereocenters. The molecule has 7 heteroatoms. The summed E-state index contributed by atoms with van der Waals surface area (Å²) in [7, 11) is 0. The lowest BCUT2D eigenvalue weighted by Crippen LogP contribution is -2.31. The van der Waals surface area contributed by atoms with Crippen molar-refractivity contribution in [2.75, 3.05) is 29.9 Å². The average Bonchev–Trinajstić information content (AvgIpc) is 2.81. The lowest BCUT2D eigenvalue weighted by Gasteiger charge is -2.26. The van der Waals surface area contributed by atoms with Crippen LogP contribution in [0.4, 0.5) is 5.69 Å². The number of rotatable bonds is 4. The minimum absolute atomic E-state index is 0.00710. The molecule has 1 amide bonds. The topological polar surface area (TPSA) is 67.2 Å². The SMILES string of the molecule is O=C(Nc1cccc(CN2CCSCC2)c1)c1ccc2c(=O)n3c(nc2c1)CCCCCC3. The van der Waals surface area contributed by atoms with Gasteiger partial charge >= 0.3 is 0 Å². The summed E-state index contributed by atoms with van der Waals surface area (Å²) in [6, 6.07) is 13.3. The Morgan fingerprint density at radius 1 is 1.00 bits per heavy atom. The highest BCUT2D eigenvalue weighted by molar-refractivity contribution is 7.99. The summed E-state index contributed by atoms with van der Waals surface area (Å²) in [5.41, 5.74) is 3.12. The molecule has 5 rings (SSSR count). The number of hydrogen-bond acceptors (Lipinski definition) is 5. The number of carbonyl (C=O) groups is 1. The fraction of sp³-hybridized carbons (Fsp3) is 0.423. The van der Waals surface area contributed by atoms with E-state index in [-0.39, 0.29) is 11.5 Å². The number of thioether (sulfide) groups is 1. The molecule has 0 bridgehead atoms. The van der Waals surface area contributed by atoms with Crippen LogP contribution in [0.15, 0.2) is 47.3 Å². The third-order valence-electron chi connectivity index (χ3n) is 6.52. The van der Waals surface area contributed by atoms with E-state index in [1.54, 1.807) is 18.2 Å². The molecule has 172 valence electrons. The Morgan fingerprint density at radius 2 is 1.85 bits per heavy atom. The number of benzene rings is 2. The summed E-state index contributed by atoms with van der Waals surface area (Å²) < 4.78 is 1.83. The predicted molar refractivity (Wildman–Crippen MR) is 135 cm³/mol. The number of nitrogens with zero attached hydrogens (tertiary/aromatic N) is 3. The van der Waals surface area contributed by atoms with Gasteiger partial charge in [0.05, 0.1) is 10.9 Å². The predicted octanol–water partition coefficient (Wildman–Crippen LogP) is 4.31. The van der Waals surface area contributed by atoms with Gasteiger partial charge in [-0.25, -0.2) is 4.98 Å². The van der Waals surface area contributed by atoms with E-state index in [4.69, 9.17) is 4.98 Å². The highest BCUT2D eigenvalue weighted by Crippen LogP contribution is 2.19. The van der Waals surface area contributed by atoms with Crippen LogP contribution in [0, 0.1) is 0 Å². The first-order valence-corrected chi connectivity index (χ1v) is 13.1. The number of nitrogens with one attached hydrogen (secondary N) is 1. The van der Waals surface area contributed by atoms with Crippen LogP contribution in [-0.2, 0) is 19.5 Å². The number of anilines is 1. The van der Waals surface area contributed by atoms with Gasteiger partial charge in [-0.15, -0.1) is 0 Å². The van der Waals surface area contributed by atoms with Crippen molar-refractivity contribution in [3.05, 3.63) is 69.8 Å². The second-order valence-corrected chi connectivity index (χ2v) is 10.1. The summed E-state index contributed by atoms with van der Waals surface area (Å²) in [5, 5.41) is 3.60.